The highest BCUT2D eigenvalue weighted by Gasteiger charge is 2.12. The van der Waals surface area contributed by atoms with Gasteiger partial charge in [0.15, 0.2) is 6.61 Å². The van der Waals surface area contributed by atoms with Crippen LogP contribution in [-0.2, 0) is 4.79 Å². The molecule has 162 valence electrons. The van der Waals surface area contributed by atoms with Crippen LogP contribution in [0.3, 0.4) is 0 Å². The number of halogens is 1. The summed E-state index contributed by atoms with van der Waals surface area (Å²) in [5, 5.41) is 6.44. The summed E-state index contributed by atoms with van der Waals surface area (Å²) in [4.78, 5) is 17.2. The van der Waals surface area contributed by atoms with Crippen LogP contribution in [0.4, 0.5) is 5.69 Å². The minimum Gasteiger partial charge on any atom is -0.483 e. The van der Waals surface area contributed by atoms with Crippen molar-refractivity contribution in [1.82, 2.24) is 4.98 Å². The van der Waals surface area contributed by atoms with Crippen LogP contribution in [0.2, 0.25) is 5.02 Å². The summed E-state index contributed by atoms with van der Waals surface area (Å²) < 4.78 is 5.83. The van der Waals surface area contributed by atoms with Crippen LogP contribution < -0.4 is 10.1 Å². The van der Waals surface area contributed by atoms with Crippen LogP contribution in [0.25, 0.3) is 21.8 Å². The van der Waals surface area contributed by atoms with Crippen LogP contribution in [0.1, 0.15) is 16.7 Å². The first kappa shape index (κ1) is 22.1. The van der Waals surface area contributed by atoms with Crippen LogP contribution in [-0.4, -0.2) is 17.5 Å². The summed E-state index contributed by atoms with van der Waals surface area (Å²) in [6, 6.07) is 19.3. The van der Waals surface area contributed by atoms with Gasteiger partial charge in [-0.25, -0.2) is 4.98 Å². The van der Waals surface area contributed by atoms with E-state index >= 15 is 0 Å². The first-order chi connectivity index (χ1) is 15.4. The Balaban J connectivity index is 1.45. The molecule has 32 heavy (non-hydrogen) atoms. The predicted molar refractivity (Wildman–Crippen MR) is 133 cm³/mol. The number of aromatic nitrogens is 1. The maximum Gasteiger partial charge on any atom is 0.262 e. The van der Waals surface area contributed by atoms with E-state index < -0.39 is 0 Å². The maximum absolute atomic E-state index is 12.5. The van der Waals surface area contributed by atoms with E-state index in [1.165, 1.54) is 11.3 Å². The summed E-state index contributed by atoms with van der Waals surface area (Å²) in [6.07, 6.45) is 0. The molecule has 4 aromatic rings. The van der Waals surface area contributed by atoms with Gasteiger partial charge in [-0.2, -0.15) is 0 Å². The van der Waals surface area contributed by atoms with Gasteiger partial charge in [0, 0.05) is 22.2 Å². The van der Waals surface area contributed by atoms with Crippen molar-refractivity contribution in [3.05, 3.63) is 87.8 Å². The third-order valence-electron chi connectivity index (χ3n) is 5.27. The second kappa shape index (κ2) is 9.55. The summed E-state index contributed by atoms with van der Waals surface area (Å²) in [5.74, 6) is 0.556. The van der Waals surface area contributed by atoms with Gasteiger partial charge in [0.05, 0.1) is 10.7 Å². The lowest BCUT2D eigenvalue weighted by Gasteiger charge is -2.14. The van der Waals surface area contributed by atoms with E-state index in [9.17, 15) is 4.79 Å². The molecule has 0 aliphatic rings. The zero-order chi connectivity index (χ0) is 22.7. The number of carbonyl (C=O) groups excluding carboxylic acids is 1. The highest BCUT2D eigenvalue weighted by Crippen LogP contribution is 2.33. The van der Waals surface area contributed by atoms with E-state index in [1.54, 1.807) is 0 Å². The number of ether oxygens (including phenoxy) is 1. The van der Waals surface area contributed by atoms with Crippen molar-refractivity contribution in [3.63, 3.8) is 0 Å². The molecule has 0 radical (unpaired) electrons. The van der Waals surface area contributed by atoms with E-state index in [2.05, 4.69) is 11.4 Å². The number of nitrogens with zero attached hydrogens (tertiary/aromatic N) is 1. The van der Waals surface area contributed by atoms with Crippen LogP contribution >= 0.6 is 22.9 Å². The number of carbonyl (C=O) groups is 1. The fraction of sp³-hybridized carbons (Fsp3) is 0.154. The van der Waals surface area contributed by atoms with E-state index in [0.717, 1.165) is 44.3 Å². The number of nitrogens with one attached hydrogen (secondary N) is 1. The van der Waals surface area contributed by atoms with Gasteiger partial charge in [-0.1, -0.05) is 54.1 Å². The zero-order valence-electron chi connectivity index (χ0n) is 18.1. The van der Waals surface area contributed by atoms with Gasteiger partial charge in [-0.3, -0.25) is 4.79 Å². The predicted octanol–water partition coefficient (Wildman–Crippen LogP) is 7.07. The largest absolute Gasteiger partial charge is 0.483 e. The second-order valence-corrected chi connectivity index (χ2v) is 8.85. The van der Waals surface area contributed by atoms with Gasteiger partial charge in [-0.15, -0.1) is 11.3 Å². The van der Waals surface area contributed by atoms with Gasteiger partial charge in [0.25, 0.3) is 5.91 Å². The summed E-state index contributed by atoms with van der Waals surface area (Å²) in [6.45, 7) is 5.96. The Morgan fingerprint density at radius 3 is 2.62 bits per heavy atom. The topological polar surface area (TPSA) is 51.2 Å². The number of hydrogen-bond acceptors (Lipinski definition) is 4. The fourth-order valence-electron chi connectivity index (χ4n) is 3.40. The van der Waals surface area contributed by atoms with E-state index in [0.29, 0.717) is 10.7 Å². The highest BCUT2D eigenvalue weighted by molar-refractivity contribution is 7.13. The maximum atomic E-state index is 12.5. The van der Waals surface area contributed by atoms with Gasteiger partial charge < -0.3 is 10.1 Å². The number of benzene rings is 3. The third-order valence-corrected chi connectivity index (χ3v) is 6.48. The monoisotopic (exact) mass is 462 g/mol. The van der Waals surface area contributed by atoms with Crippen molar-refractivity contribution in [1.29, 1.82) is 0 Å². The van der Waals surface area contributed by atoms with E-state index in [4.69, 9.17) is 21.3 Å². The Morgan fingerprint density at radius 2 is 1.81 bits per heavy atom. The Labute approximate surface area is 196 Å². The molecule has 0 spiro atoms. The quantitative estimate of drug-likeness (QED) is 0.333. The average molecular weight is 463 g/mol. The van der Waals surface area contributed by atoms with Crippen molar-refractivity contribution < 1.29 is 9.53 Å². The number of hydrogen-bond donors (Lipinski definition) is 1. The second-order valence-electron chi connectivity index (χ2n) is 7.59. The molecule has 1 aromatic heterocycles. The molecule has 0 aliphatic heterocycles. The molecule has 0 unspecified atom stereocenters. The number of anilines is 1. The molecule has 1 N–H and O–H groups in total. The Kier molecular flexibility index (Phi) is 6.58. The van der Waals surface area contributed by atoms with Crippen LogP contribution in [0.15, 0.2) is 66.0 Å². The molecule has 0 saturated heterocycles. The van der Waals surface area contributed by atoms with Gasteiger partial charge in [-0.05, 0) is 55.7 Å². The molecular formula is C26H23ClN2O2S. The van der Waals surface area contributed by atoms with Crippen molar-refractivity contribution in [2.45, 2.75) is 20.8 Å². The normalized spacial score (nSPS) is 10.8. The molecule has 6 heteroatoms. The molecule has 0 aliphatic carbocycles. The SMILES string of the molecule is Cc1ccc(C)c(OCC(=O)Nc2cccc(-c3csc(-c4ccccc4Cl)n3)c2)c1C. The zero-order valence-corrected chi connectivity index (χ0v) is 19.7. The highest BCUT2D eigenvalue weighted by atomic mass is 35.5. The Bertz CT molecular complexity index is 1280. The van der Waals surface area contributed by atoms with Crippen molar-refractivity contribution in [2.75, 3.05) is 11.9 Å². The van der Waals surface area contributed by atoms with Crippen molar-refractivity contribution >= 4 is 34.5 Å². The van der Waals surface area contributed by atoms with Gasteiger partial charge in [0.2, 0.25) is 0 Å². The number of aryl methyl sites for hydroxylation is 2. The lowest BCUT2D eigenvalue weighted by atomic mass is 10.1. The molecule has 0 fully saturated rings. The summed E-state index contributed by atoms with van der Waals surface area (Å²) in [7, 11) is 0. The van der Waals surface area contributed by atoms with Crippen molar-refractivity contribution in [2.24, 2.45) is 0 Å². The molecule has 0 bridgehead atoms. The lowest BCUT2D eigenvalue weighted by Crippen LogP contribution is -2.20. The van der Waals surface area contributed by atoms with Crippen LogP contribution in [0, 0.1) is 20.8 Å². The first-order valence-corrected chi connectivity index (χ1v) is 11.5. The van der Waals surface area contributed by atoms with Crippen molar-refractivity contribution in [3.8, 4) is 27.6 Å². The smallest absolute Gasteiger partial charge is 0.262 e. The lowest BCUT2D eigenvalue weighted by molar-refractivity contribution is -0.118. The first-order valence-electron chi connectivity index (χ1n) is 10.2. The minimum atomic E-state index is -0.211. The van der Waals surface area contributed by atoms with E-state index in [-0.39, 0.29) is 12.5 Å². The minimum absolute atomic E-state index is 0.0529. The van der Waals surface area contributed by atoms with Gasteiger partial charge in [0.1, 0.15) is 10.8 Å². The average Bonchev–Trinajstić information content (AvgIpc) is 3.27. The Hall–Kier alpha value is -3.15. The van der Waals surface area contributed by atoms with Crippen LogP contribution in [0.5, 0.6) is 5.75 Å². The van der Waals surface area contributed by atoms with Gasteiger partial charge >= 0.3 is 0 Å². The number of rotatable bonds is 6. The fourth-order valence-corrected chi connectivity index (χ4v) is 4.55. The number of amides is 1. The molecular weight excluding hydrogens is 440 g/mol. The molecule has 4 nitrogen and oxygen atoms in total. The molecule has 3 aromatic carbocycles. The standard InChI is InChI=1S/C26H23ClN2O2S/c1-16-11-12-17(2)25(18(16)3)31-14-24(30)28-20-8-6-7-19(13-20)23-15-32-26(29-23)21-9-4-5-10-22(21)27/h4-13,15H,14H2,1-3H3,(H,28,30). The summed E-state index contributed by atoms with van der Waals surface area (Å²) >= 11 is 7.84. The van der Waals surface area contributed by atoms with E-state index in [1.807, 2.05) is 80.7 Å². The third kappa shape index (κ3) is 4.85. The molecule has 4 rings (SSSR count). The Morgan fingerprint density at radius 1 is 1.03 bits per heavy atom. The molecule has 1 heterocycles. The molecule has 0 saturated carbocycles. The summed E-state index contributed by atoms with van der Waals surface area (Å²) in [5.41, 5.74) is 6.57. The molecule has 0 atom stereocenters. The molecule has 1 amide bonds. The number of thiazole rings is 1.